The average Bonchev–Trinajstić information content (AvgIpc) is 3.67. The van der Waals surface area contributed by atoms with Crippen molar-refractivity contribution >= 4 is 46.2 Å². The van der Waals surface area contributed by atoms with Crippen LogP contribution in [0.25, 0.3) is 17.1 Å². The number of carbonyl (C=O) groups is 2. The maximum atomic E-state index is 13.7. The molecule has 1 aliphatic rings. The molecule has 4 aromatic rings. The summed E-state index contributed by atoms with van der Waals surface area (Å²) in [7, 11) is 0. The highest BCUT2D eigenvalue weighted by atomic mass is 35.5. The van der Waals surface area contributed by atoms with Crippen molar-refractivity contribution in [3.8, 4) is 28.6 Å². The van der Waals surface area contributed by atoms with E-state index in [1.807, 2.05) is 0 Å². The monoisotopic (exact) mass is 713 g/mol. The summed E-state index contributed by atoms with van der Waals surface area (Å²) in [6, 6.07) is 14.3. The Morgan fingerprint density at radius 1 is 1.06 bits per heavy atom. The fraction of sp³-hybridized carbons (Fsp3) is 0.207. The third-order valence-corrected chi connectivity index (χ3v) is 7.61. The van der Waals surface area contributed by atoms with Crippen LogP contribution in [0.15, 0.2) is 78.0 Å². The van der Waals surface area contributed by atoms with Gasteiger partial charge in [0.1, 0.15) is 17.8 Å². The van der Waals surface area contributed by atoms with E-state index >= 15 is 0 Å². The number of thioether (sulfide) groups is 1. The minimum atomic E-state index is -4.80. The van der Waals surface area contributed by atoms with Gasteiger partial charge in [-0.15, -0.1) is 18.3 Å². The van der Waals surface area contributed by atoms with E-state index < -0.39 is 42.9 Å². The van der Waals surface area contributed by atoms with Gasteiger partial charge in [0.05, 0.1) is 17.1 Å². The van der Waals surface area contributed by atoms with Crippen molar-refractivity contribution in [2.45, 2.75) is 32.1 Å². The Bertz CT molecular complexity index is 1810. The second-order valence-electron chi connectivity index (χ2n) is 9.80. The summed E-state index contributed by atoms with van der Waals surface area (Å²) < 4.78 is 86.4. The average molecular weight is 714 g/mol. The molecule has 2 N–H and O–H groups in total. The minimum absolute atomic E-state index is 0.0945. The van der Waals surface area contributed by atoms with Crippen LogP contribution in [0.3, 0.4) is 0 Å². The van der Waals surface area contributed by atoms with Crippen LogP contribution in [0.5, 0.6) is 11.5 Å². The quantitative estimate of drug-likeness (QED) is 0.135. The van der Waals surface area contributed by atoms with Gasteiger partial charge in [0.15, 0.2) is 11.0 Å². The molecular formula is C29H22ClF6N7O4S. The number of halogens is 7. The number of rotatable bonds is 10. The van der Waals surface area contributed by atoms with Crippen molar-refractivity contribution in [3.05, 3.63) is 83.6 Å². The predicted molar refractivity (Wildman–Crippen MR) is 164 cm³/mol. The van der Waals surface area contributed by atoms with E-state index in [1.165, 1.54) is 35.3 Å². The first-order valence-corrected chi connectivity index (χ1v) is 15.0. The molecule has 5 rings (SSSR count). The van der Waals surface area contributed by atoms with Crippen LogP contribution in [0.2, 0.25) is 5.02 Å². The van der Waals surface area contributed by atoms with Crippen molar-refractivity contribution in [1.29, 1.82) is 0 Å². The molecule has 3 aromatic carbocycles. The number of aliphatic imine (C=N–C) groups is 1. The van der Waals surface area contributed by atoms with E-state index in [-0.39, 0.29) is 27.4 Å². The normalized spacial score (nSPS) is 15.6. The molecule has 1 fully saturated rings. The van der Waals surface area contributed by atoms with Crippen molar-refractivity contribution in [2.24, 2.45) is 4.99 Å². The number of benzene rings is 3. The zero-order chi connectivity index (χ0) is 34.6. The molecule has 48 heavy (non-hydrogen) atoms. The van der Waals surface area contributed by atoms with Gasteiger partial charge in [-0.2, -0.15) is 9.38 Å². The molecule has 252 valence electrons. The fourth-order valence-corrected chi connectivity index (χ4v) is 5.25. The van der Waals surface area contributed by atoms with Crippen LogP contribution in [-0.4, -0.2) is 56.8 Å². The highest BCUT2D eigenvalue weighted by molar-refractivity contribution is 8.15. The third-order valence-electron chi connectivity index (χ3n) is 6.45. The standard InChI is InChI=1S/C29H22ClF6N7O4S/c1-15(16-2-4-17(5-3-16)26-37-14-42(41-26)19-7-9-20(10-8-19)47-29(34,35)36)39-40-27(45)38-28-43(23(44)13-48-28)21-12-18(30)6-11-22(21)46-25(33)24(31)32/h2-12,14-15,24-25,39H,13H2,1H3,(H,40,45). The Morgan fingerprint density at radius 3 is 2.44 bits per heavy atom. The summed E-state index contributed by atoms with van der Waals surface area (Å²) >= 11 is 6.91. The summed E-state index contributed by atoms with van der Waals surface area (Å²) in [5.74, 6) is -1.13. The number of nitrogens with zero attached hydrogens (tertiary/aromatic N) is 5. The highest BCUT2D eigenvalue weighted by Crippen LogP contribution is 2.37. The minimum Gasteiger partial charge on any atom is -0.452 e. The first-order valence-electron chi connectivity index (χ1n) is 13.6. The lowest BCUT2D eigenvalue weighted by Crippen LogP contribution is -2.39. The number of hydrogen-bond acceptors (Lipinski definition) is 8. The molecule has 0 radical (unpaired) electrons. The smallest absolute Gasteiger partial charge is 0.452 e. The summed E-state index contributed by atoms with van der Waals surface area (Å²) in [6.07, 6.45) is -9.81. The lowest BCUT2D eigenvalue weighted by molar-refractivity contribution is -0.274. The van der Waals surface area contributed by atoms with Crippen molar-refractivity contribution in [2.75, 3.05) is 10.7 Å². The summed E-state index contributed by atoms with van der Waals surface area (Å²) in [5.41, 5.74) is 6.86. The van der Waals surface area contributed by atoms with Crippen molar-refractivity contribution < 1.29 is 45.4 Å². The summed E-state index contributed by atoms with van der Waals surface area (Å²) in [5, 5.41) is 4.34. The number of nitrogens with one attached hydrogen (secondary N) is 2. The molecule has 1 saturated heterocycles. The van der Waals surface area contributed by atoms with E-state index in [0.717, 1.165) is 40.4 Å². The number of aromatic nitrogens is 3. The molecule has 0 aliphatic carbocycles. The Morgan fingerprint density at radius 2 is 1.77 bits per heavy atom. The molecule has 1 aromatic heterocycles. The van der Waals surface area contributed by atoms with E-state index in [2.05, 4.69) is 35.4 Å². The van der Waals surface area contributed by atoms with Crippen molar-refractivity contribution in [1.82, 2.24) is 25.6 Å². The number of urea groups is 1. The maximum absolute atomic E-state index is 13.7. The molecule has 0 saturated carbocycles. The van der Waals surface area contributed by atoms with Crippen LogP contribution >= 0.6 is 23.4 Å². The number of alkyl halides is 6. The zero-order valence-corrected chi connectivity index (χ0v) is 25.9. The van der Waals surface area contributed by atoms with E-state index in [0.29, 0.717) is 17.1 Å². The molecule has 0 spiro atoms. The number of hydrogen-bond donors (Lipinski definition) is 2. The maximum Gasteiger partial charge on any atom is 0.573 e. The second kappa shape index (κ2) is 14.5. The van der Waals surface area contributed by atoms with Gasteiger partial charge in [0.2, 0.25) is 5.91 Å². The molecule has 11 nitrogen and oxygen atoms in total. The van der Waals surface area contributed by atoms with Gasteiger partial charge in [-0.1, -0.05) is 47.6 Å². The van der Waals surface area contributed by atoms with Crippen LogP contribution in [0.4, 0.5) is 36.8 Å². The van der Waals surface area contributed by atoms with Gasteiger partial charge in [-0.3, -0.25) is 15.1 Å². The number of hydrazine groups is 1. The molecular weight excluding hydrogens is 692 g/mol. The van der Waals surface area contributed by atoms with E-state index in [9.17, 15) is 35.9 Å². The fourth-order valence-electron chi connectivity index (χ4n) is 4.23. The van der Waals surface area contributed by atoms with Crippen LogP contribution in [0, 0.1) is 0 Å². The second-order valence-corrected chi connectivity index (χ2v) is 11.2. The molecule has 2 heterocycles. The van der Waals surface area contributed by atoms with Gasteiger partial charge in [0.25, 0.3) is 6.36 Å². The lowest BCUT2D eigenvalue weighted by Gasteiger charge is -2.21. The number of amidine groups is 1. The zero-order valence-electron chi connectivity index (χ0n) is 24.3. The first kappa shape index (κ1) is 34.5. The SMILES string of the molecule is CC(NNC(=O)N=C1SCC(=O)N1c1cc(Cl)ccc1OC(F)C(F)F)c1ccc(-c2ncn(-c3ccc(OC(F)(F)F)cc3)n2)cc1. The number of anilines is 1. The third kappa shape index (κ3) is 8.55. The number of amides is 3. The molecule has 2 atom stereocenters. The first-order chi connectivity index (χ1) is 22.8. The predicted octanol–water partition coefficient (Wildman–Crippen LogP) is 6.84. The van der Waals surface area contributed by atoms with Gasteiger partial charge < -0.3 is 9.47 Å². The van der Waals surface area contributed by atoms with Crippen LogP contribution in [0.1, 0.15) is 18.5 Å². The molecule has 19 heteroatoms. The molecule has 1 aliphatic heterocycles. The molecule has 3 amide bonds. The Kier molecular flexibility index (Phi) is 10.4. The number of carbonyl (C=O) groups excluding carboxylic acids is 2. The molecule has 0 bridgehead atoms. The van der Waals surface area contributed by atoms with Gasteiger partial charge >= 0.3 is 18.8 Å². The van der Waals surface area contributed by atoms with Crippen molar-refractivity contribution in [3.63, 3.8) is 0 Å². The van der Waals surface area contributed by atoms with E-state index in [4.69, 9.17) is 11.6 Å². The Labute approximate surface area is 276 Å². The molecule has 2 unspecified atom stereocenters. The Hall–Kier alpha value is -4.81. The highest BCUT2D eigenvalue weighted by Gasteiger charge is 2.34. The van der Waals surface area contributed by atoms with Crippen LogP contribution < -0.4 is 25.2 Å². The summed E-state index contributed by atoms with van der Waals surface area (Å²) in [6.45, 7) is 1.74. The lowest BCUT2D eigenvalue weighted by atomic mass is 10.1. The summed E-state index contributed by atoms with van der Waals surface area (Å²) in [4.78, 5) is 34.4. The number of ether oxygens (including phenoxy) is 2. The Balaban J connectivity index is 1.21. The van der Waals surface area contributed by atoms with Crippen LogP contribution in [-0.2, 0) is 4.79 Å². The van der Waals surface area contributed by atoms with Gasteiger partial charge in [-0.05, 0) is 55.0 Å². The van der Waals surface area contributed by atoms with Gasteiger partial charge in [-0.25, -0.2) is 28.7 Å². The topological polar surface area (TPSA) is 123 Å². The van der Waals surface area contributed by atoms with E-state index in [1.54, 1.807) is 31.2 Å². The largest absolute Gasteiger partial charge is 0.573 e. The van der Waals surface area contributed by atoms with Gasteiger partial charge in [0, 0.05) is 16.6 Å².